The zero-order chi connectivity index (χ0) is 25.4. The molecule has 2 N–H and O–H groups in total. The van der Waals surface area contributed by atoms with Gasteiger partial charge in [0.15, 0.2) is 17.3 Å². The van der Waals surface area contributed by atoms with E-state index in [1.54, 1.807) is 6.20 Å². The van der Waals surface area contributed by atoms with Crippen LogP contribution in [0.25, 0.3) is 22.4 Å². The quantitative estimate of drug-likeness (QED) is 0.418. The van der Waals surface area contributed by atoms with Crippen LogP contribution < -0.4 is 5.73 Å². The molecule has 0 bridgehead atoms. The summed E-state index contributed by atoms with van der Waals surface area (Å²) in [6, 6.07) is 17.7. The van der Waals surface area contributed by atoms with E-state index in [4.69, 9.17) is 15.8 Å². The Kier molecular flexibility index (Phi) is 6.44. The van der Waals surface area contributed by atoms with Gasteiger partial charge in [-0.05, 0) is 32.7 Å². The maximum atomic E-state index is 12.8. The molecule has 1 saturated carbocycles. The number of nitrogens with zero attached hydrogens (tertiary/aromatic N) is 6. The Morgan fingerprint density at radius 1 is 0.838 bits per heavy atom. The van der Waals surface area contributed by atoms with E-state index in [2.05, 4.69) is 26.5 Å². The average Bonchev–Trinajstić information content (AvgIpc) is 3.38. The molecule has 1 saturated heterocycles. The van der Waals surface area contributed by atoms with Gasteiger partial charge in [-0.3, -0.25) is 9.69 Å². The van der Waals surface area contributed by atoms with Gasteiger partial charge in [0, 0.05) is 48.9 Å². The number of aromatic nitrogens is 4. The minimum atomic E-state index is -0.00622. The van der Waals surface area contributed by atoms with Crippen molar-refractivity contribution in [2.75, 3.05) is 39.0 Å². The minimum Gasteiger partial charge on any atom is -0.383 e. The molecule has 2 aromatic heterocycles. The first-order chi connectivity index (χ1) is 18.1. The summed E-state index contributed by atoms with van der Waals surface area (Å²) in [6.07, 6.45) is 6.33. The Balaban J connectivity index is 1.21. The second-order valence-electron chi connectivity index (χ2n) is 10.3. The number of anilines is 1. The molecule has 4 aromatic rings. The van der Waals surface area contributed by atoms with E-state index < -0.39 is 0 Å². The second-order valence-corrected chi connectivity index (χ2v) is 10.3. The first-order valence-electron chi connectivity index (χ1n) is 13.2. The Hall–Kier alpha value is -3.62. The minimum absolute atomic E-state index is 0.00622. The Morgan fingerprint density at radius 3 is 2.19 bits per heavy atom. The highest BCUT2D eigenvalue weighted by Gasteiger charge is 2.29. The van der Waals surface area contributed by atoms with Gasteiger partial charge in [0.05, 0.1) is 17.6 Å². The van der Waals surface area contributed by atoms with Crippen molar-refractivity contribution in [2.45, 2.75) is 37.8 Å². The molecule has 8 heteroatoms. The maximum Gasteiger partial charge on any atom is 0.193 e. The van der Waals surface area contributed by atoms with Crippen LogP contribution in [0.4, 0.5) is 5.82 Å². The normalized spacial score (nSPS) is 21.3. The van der Waals surface area contributed by atoms with Crippen molar-refractivity contribution in [1.29, 1.82) is 0 Å². The van der Waals surface area contributed by atoms with Crippen LogP contribution in [0.2, 0.25) is 0 Å². The summed E-state index contributed by atoms with van der Waals surface area (Å²) in [5.74, 6) is 0.978. The number of nitrogens with two attached hydrogens (primary N) is 1. The molecule has 8 nitrogen and oxygen atoms in total. The van der Waals surface area contributed by atoms with Crippen LogP contribution in [0.1, 0.15) is 47.6 Å². The first-order valence-corrected chi connectivity index (χ1v) is 13.2. The fourth-order valence-electron chi connectivity index (χ4n) is 5.73. The summed E-state index contributed by atoms with van der Waals surface area (Å²) >= 11 is 0. The lowest BCUT2D eigenvalue weighted by Crippen LogP contribution is -2.49. The largest absolute Gasteiger partial charge is 0.383 e. The molecule has 190 valence electrons. The van der Waals surface area contributed by atoms with Crippen LogP contribution in [0.5, 0.6) is 0 Å². The van der Waals surface area contributed by atoms with Crippen LogP contribution in [0, 0.1) is 0 Å². The monoisotopic (exact) mass is 495 g/mol. The number of carbonyl (C=O) groups is 1. The molecule has 1 aliphatic heterocycles. The Morgan fingerprint density at radius 2 is 1.49 bits per heavy atom. The van der Waals surface area contributed by atoms with E-state index in [-0.39, 0.29) is 5.78 Å². The van der Waals surface area contributed by atoms with Crippen molar-refractivity contribution in [3.63, 3.8) is 0 Å². The number of rotatable bonds is 5. The summed E-state index contributed by atoms with van der Waals surface area (Å²) in [5.41, 5.74) is 9.26. The topological polar surface area (TPSA) is 93.2 Å². The third-order valence-corrected chi connectivity index (χ3v) is 7.99. The number of piperazine rings is 1. The zero-order valence-corrected chi connectivity index (χ0v) is 21.3. The van der Waals surface area contributed by atoms with Crippen LogP contribution in [-0.2, 0) is 0 Å². The van der Waals surface area contributed by atoms with Crippen molar-refractivity contribution in [3.8, 4) is 11.4 Å². The molecule has 1 aliphatic carbocycles. The number of ketones is 1. The van der Waals surface area contributed by atoms with Crippen molar-refractivity contribution >= 4 is 22.6 Å². The van der Waals surface area contributed by atoms with E-state index in [1.165, 1.54) is 25.9 Å². The molecule has 0 amide bonds. The molecule has 37 heavy (non-hydrogen) atoms. The number of carbonyl (C=O) groups excluding carboxylic acids is 1. The van der Waals surface area contributed by atoms with Crippen molar-refractivity contribution in [2.24, 2.45) is 0 Å². The zero-order valence-electron chi connectivity index (χ0n) is 21.3. The van der Waals surface area contributed by atoms with Gasteiger partial charge in [0.2, 0.25) is 0 Å². The molecular weight excluding hydrogens is 462 g/mol. The molecule has 6 rings (SSSR count). The lowest BCUT2D eigenvalue weighted by molar-refractivity contribution is 0.0815. The Labute approximate surface area is 217 Å². The Bertz CT molecular complexity index is 1380. The number of benzene rings is 2. The summed E-state index contributed by atoms with van der Waals surface area (Å²) in [4.78, 5) is 27.3. The first kappa shape index (κ1) is 23.8. The van der Waals surface area contributed by atoms with E-state index in [0.29, 0.717) is 34.9 Å². The predicted octanol–water partition coefficient (Wildman–Crippen LogP) is 4.04. The second kappa shape index (κ2) is 10.0. The average molecular weight is 496 g/mol. The van der Waals surface area contributed by atoms with Gasteiger partial charge in [0.25, 0.3) is 0 Å². The van der Waals surface area contributed by atoms with E-state index in [9.17, 15) is 4.79 Å². The molecule has 3 heterocycles. The molecular formula is C29H33N7O. The highest BCUT2D eigenvalue weighted by molar-refractivity contribution is 6.09. The molecule has 0 atom stereocenters. The fraction of sp³-hybridized carbons (Fsp3) is 0.379. The van der Waals surface area contributed by atoms with Crippen molar-refractivity contribution in [1.82, 2.24) is 29.5 Å². The predicted molar refractivity (Wildman–Crippen MR) is 145 cm³/mol. The number of hydrogen-bond donors (Lipinski definition) is 1. The van der Waals surface area contributed by atoms with Gasteiger partial charge in [-0.1, -0.05) is 54.6 Å². The number of fused-ring (bicyclic) bond motifs is 1. The highest BCUT2D eigenvalue weighted by Crippen LogP contribution is 2.34. The van der Waals surface area contributed by atoms with Crippen LogP contribution in [-0.4, -0.2) is 74.6 Å². The highest BCUT2D eigenvalue weighted by atomic mass is 16.1. The SMILES string of the molecule is CN1CCN(C2CCC(n3ncc4c(N)nc(-c5ccc(C(=O)c6ccccc6)cc5)nc43)CC2)CC1. The molecule has 2 aliphatic rings. The van der Waals surface area contributed by atoms with Gasteiger partial charge in [-0.25, -0.2) is 14.6 Å². The summed E-state index contributed by atoms with van der Waals surface area (Å²) < 4.78 is 2.06. The number of hydrogen-bond acceptors (Lipinski definition) is 7. The van der Waals surface area contributed by atoms with Crippen molar-refractivity contribution in [3.05, 3.63) is 71.9 Å². The third kappa shape index (κ3) is 4.74. The molecule has 0 unspecified atom stereocenters. The van der Waals surface area contributed by atoms with Crippen LogP contribution in [0.3, 0.4) is 0 Å². The van der Waals surface area contributed by atoms with Gasteiger partial charge in [0.1, 0.15) is 5.82 Å². The van der Waals surface area contributed by atoms with Crippen LogP contribution in [0.15, 0.2) is 60.8 Å². The van der Waals surface area contributed by atoms with E-state index in [0.717, 1.165) is 42.5 Å². The van der Waals surface area contributed by atoms with E-state index in [1.807, 2.05) is 54.6 Å². The smallest absolute Gasteiger partial charge is 0.193 e. The third-order valence-electron chi connectivity index (χ3n) is 7.99. The van der Waals surface area contributed by atoms with Crippen molar-refractivity contribution < 1.29 is 4.79 Å². The standard InChI is InChI=1S/C29H33N7O/c1-34-15-17-35(18-16-34)23-11-13-24(14-12-23)36-29-25(19-31-36)27(30)32-28(33-29)22-9-7-21(8-10-22)26(37)20-5-3-2-4-6-20/h2-10,19,23-24H,11-18H2,1H3,(H2,30,32,33). The van der Waals surface area contributed by atoms with Gasteiger partial charge < -0.3 is 10.6 Å². The summed E-state index contributed by atoms with van der Waals surface area (Å²) in [6.45, 7) is 4.65. The lowest BCUT2D eigenvalue weighted by atomic mass is 9.90. The number of likely N-dealkylation sites (N-methyl/N-ethyl adjacent to an activating group) is 1. The molecule has 2 aromatic carbocycles. The van der Waals surface area contributed by atoms with E-state index >= 15 is 0 Å². The number of nitrogen functional groups attached to an aromatic ring is 1. The molecule has 0 radical (unpaired) electrons. The fourth-order valence-corrected chi connectivity index (χ4v) is 5.73. The van der Waals surface area contributed by atoms with Gasteiger partial charge >= 0.3 is 0 Å². The molecule has 2 fully saturated rings. The maximum absolute atomic E-state index is 12.8. The molecule has 0 spiro atoms. The summed E-state index contributed by atoms with van der Waals surface area (Å²) in [5, 5.41) is 5.49. The van der Waals surface area contributed by atoms with Gasteiger partial charge in [-0.15, -0.1) is 0 Å². The summed E-state index contributed by atoms with van der Waals surface area (Å²) in [7, 11) is 2.21. The lowest BCUT2D eigenvalue weighted by Gasteiger charge is -2.41. The van der Waals surface area contributed by atoms with Crippen LogP contribution >= 0.6 is 0 Å². The van der Waals surface area contributed by atoms with Gasteiger partial charge in [-0.2, -0.15) is 5.10 Å².